The number of H-pyrrole nitrogens is 1. The van der Waals surface area contributed by atoms with Crippen molar-refractivity contribution in [3.05, 3.63) is 46.5 Å². The van der Waals surface area contributed by atoms with Crippen molar-refractivity contribution in [2.75, 3.05) is 13.2 Å². The number of aromatic amines is 1. The van der Waals surface area contributed by atoms with Crippen LogP contribution in [0.3, 0.4) is 0 Å². The van der Waals surface area contributed by atoms with Crippen LogP contribution in [-0.4, -0.2) is 64.2 Å². The van der Waals surface area contributed by atoms with Gasteiger partial charge in [0, 0.05) is 17.8 Å². The number of hydrogen-bond donors (Lipinski definition) is 3. The van der Waals surface area contributed by atoms with Crippen LogP contribution in [0.25, 0.3) is 5.82 Å². The quantitative estimate of drug-likeness (QED) is 0.234. The molecule has 44 heavy (non-hydrogen) atoms. The van der Waals surface area contributed by atoms with Crippen LogP contribution in [0.5, 0.6) is 5.88 Å². The molecule has 0 aromatic carbocycles. The maximum Gasteiger partial charge on any atom is 0.394 e. The molecular formula is C28H35ClF3N7O4S. The van der Waals surface area contributed by atoms with Gasteiger partial charge in [0.1, 0.15) is 10.0 Å². The van der Waals surface area contributed by atoms with Gasteiger partial charge in [0.25, 0.3) is 15.9 Å². The summed E-state index contributed by atoms with van der Waals surface area (Å²) in [4.78, 5) is 17.1. The van der Waals surface area contributed by atoms with Gasteiger partial charge >= 0.3 is 6.18 Å². The van der Waals surface area contributed by atoms with E-state index in [1.807, 2.05) is 0 Å². The van der Waals surface area contributed by atoms with Gasteiger partial charge in [0.2, 0.25) is 5.88 Å². The molecule has 0 unspecified atom stereocenters. The van der Waals surface area contributed by atoms with Gasteiger partial charge in [-0.15, -0.1) is 5.10 Å². The van der Waals surface area contributed by atoms with Crippen molar-refractivity contribution in [2.24, 2.45) is 11.3 Å². The van der Waals surface area contributed by atoms with Crippen molar-refractivity contribution >= 4 is 27.5 Å². The topological polar surface area (TPSA) is 144 Å². The summed E-state index contributed by atoms with van der Waals surface area (Å²) in [5, 5.41) is 14.3. The molecule has 3 aromatic rings. The van der Waals surface area contributed by atoms with Crippen molar-refractivity contribution in [3.63, 3.8) is 0 Å². The molecule has 240 valence electrons. The van der Waals surface area contributed by atoms with E-state index in [9.17, 15) is 26.4 Å². The minimum atomic E-state index is -4.29. The Kier molecular flexibility index (Phi) is 8.77. The summed E-state index contributed by atoms with van der Waals surface area (Å²) in [6.45, 7) is 6.67. The maximum absolute atomic E-state index is 13.3. The molecule has 1 aliphatic heterocycles. The zero-order valence-corrected chi connectivity index (χ0v) is 26.2. The lowest BCUT2D eigenvalue weighted by Crippen LogP contribution is -2.31. The predicted octanol–water partition coefficient (Wildman–Crippen LogP) is 4.89. The zero-order valence-electron chi connectivity index (χ0n) is 24.6. The highest BCUT2D eigenvalue weighted by molar-refractivity contribution is 7.90. The summed E-state index contributed by atoms with van der Waals surface area (Å²) in [7, 11) is -4.29. The Labute approximate surface area is 258 Å². The first kappa shape index (κ1) is 32.2. The molecule has 1 saturated heterocycles. The molecule has 1 atom stereocenters. The Morgan fingerprint density at radius 1 is 1.25 bits per heavy atom. The lowest BCUT2D eigenvalue weighted by Gasteiger charge is -2.18. The Hall–Kier alpha value is -3.17. The van der Waals surface area contributed by atoms with E-state index in [-0.39, 0.29) is 58.7 Å². The number of carbonyl (C=O) groups excluding carboxylic acids is 1. The number of amides is 1. The smallest absolute Gasteiger partial charge is 0.394 e. The van der Waals surface area contributed by atoms with Crippen LogP contribution in [-0.2, 0) is 16.4 Å². The van der Waals surface area contributed by atoms with Gasteiger partial charge in [-0.1, -0.05) is 11.6 Å². The minimum absolute atomic E-state index is 0.0664. The van der Waals surface area contributed by atoms with Crippen LogP contribution in [0.1, 0.15) is 74.1 Å². The molecular weight excluding hydrogens is 623 g/mol. The van der Waals surface area contributed by atoms with Gasteiger partial charge in [-0.2, -0.15) is 18.3 Å². The number of carbonyl (C=O) groups is 1. The average molecular weight is 658 g/mol. The Morgan fingerprint density at radius 2 is 2.00 bits per heavy atom. The second-order valence-electron chi connectivity index (χ2n) is 12.3. The first-order valence-corrected chi connectivity index (χ1v) is 16.2. The van der Waals surface area contributed by atoms with Crippen molar-refractivity contribution in [2.45, 2.75) is 82.3 Å². The number of nitrogens with one attached hydrogen (secondary N) is 3. The number of ether oxygens (including phenoxy) is 1. The van der Waals surface area contributed by atoms with Crippen molar-refractivity contribution in [1.82, 2.24) is 35.0 Å². The van der Waals surface area contributed by atoms with Gasteiger partial charge in [0.05, 0.1) is 29.0 Å². The van der Waals surface area contributed by atoms with Crippen molar-refractivity contribution < 1.29 is 31.1 Å². The van der Waals surface area contributed by atoms with E-state index >= 15 is 0 Å². The number of halogens is 4. The van der Waals surface area contributed by atoms with Gasteiger partial charge in [-0.3, -0.25) is 9.89 Å². The van der Waals surface area contributed by atoms with E-state index in [0.717, 1.165) is 25.8 Å². The molecule has 16 heteroatoms. The molecule has 2 aliphatic rings. The third-order valence-electron chi connectivity index (χ3n) is 8.31. The number of hydrogen-bond acceptors (Lipinski definition) is 8. The highest BCUT2D eigenvalue weighted by atomic mass is 35.5. The summed E-state index contributed by atoms with van der Waals surface area (Å²) in [5.41, 5.74) is -1.08. The second kappa shape index (κ2) is 12.0. The number of rotatable bonds is 12. The first-order valence-electron chi connectivity index (χ1n) is 14.4. The molecule has 1 saturated carbocycles. The molecule has 0 bridgehead atoms. The molecule has 0 spiro atoms. The fraction of sp³-hybridized carbons (Fsp3) is 0.571. The van der Waals surface area contributed by atoms with Crippen LogP contribution >= 0.6 is 11.6 Å². The van der Waals surface area contributed by atoms with E-state index < -0.39 is 27.5 Å². The van der Waals surface area contributed by atoms with Gasteiger partial charge in [-0.05, 0) is 90.3 Å². The van der Waals surface area contributed by atoms with E-state index in [4.69, 9.17) is 16.3 Å². The lowest BCUT2D eigenvalue weighted by molar-refractivity contribution is -0.190. The highest BCUT2D eigenvalue weighted by Gasteiger charge is 2.62. The molecule has 2 fully saturated rings. The fourth-order valence-electron chi connectivity index (χ4n) is 5.68. The first-order chi connectivity index (χ1) is 20.6. The third-order valence-corrected chi connectivity index (χ3v) is 10.1. The number of alkyl halides is 3. The lowest BCUT2D eigenvalue weighted by atomic mass is 9.93. The molecule has 0 radical (unpaired) electrons. The molecule has 1 amide bonds. The number of sulfonamides is 1. The van der Waals surface area contributed by atoms with Crippen LogP contribution in [0.2, 0.25) is 5.15 Å². The molecule has 3 N–H and O–H groups in total. The SMILES string of the molecule is Cc1[nH]nc(CCC[C@@H]2CNC(C)(C)C2)c1S(=O)(=O)NC(=O)c1ccc(-n2ccc(OCCC3(C(F)(F)F)CC3)n2)nc1Cl. The van der Waals surface area contributed by atoms with Crippen molar-refractivity contribution in [3.8, 4) is 11.7 Å². The minimum Gasteiger partial charge on any atom is -0.477 e. The zero-order chi connectivity index (χ0) is 31.9. The predicted molar refractivity (Wildman–Crippen MR) is 155 cm³/mol. The van der Waals surface area contributed by atoms with E-state index in [1.54, 1.807) is 6.92 Å². The van der Waals surface area contributed by atoms with Gasteiger partial charge in [-0.25, -0.2) is 22.8 Å². The molecule has 11 nitrogen and oxygen atoms in total. The van der Waals surface area contributed by atoms with E-state index in [2.05, 4.69) is 44.2 Å². The number of aromatic nitrogens is 5. The monoisotopic (exact) mass is 657 g/mol. The average Bonchev–Trinajstić information content (AvgIpc) is 3.22. The number of aryl methyl sites for hydroxylation is 2. The second-order valence-corrected chi connectivity index (χ2v) is 14.2. The molecule has 4 heterocycles. The molecule has 3 aromatic heterocycles. The third kappa shape index (κ3) is 7.04. The summed E-state index contributed by atoms with van der Waals surface area (Å²) in [5.74, 6) is -0.180. The Morgan fingerprint density at radius 3 is 2.64 bits per heavy atom. The summed E-state index contributed by atoms with van der Waals surface area (Å²) in [6.07, 6.45) is 0.395. The van der Waals surface area contributed by atoms with Gasteiger partial charge in [0.15, 0.2) is 5.82 Å². The molecule has 5 rings (SSSR count). The van der Waals surface area contributed by atoms with Crippen LogP contribution < -0.4 is 14.8 Å². The van der Waals surface area contributed by atoms with Crippen LogP contribution in [0, 0.1) is 18.3 Å². The maximum atomic E-state index is 13.3. The van der Waals surface area contributed by atoms with E-state index in [1.165, 1.54) is 29.1 Å². The standard InChI is InChI=1S/C28H35ClF3N7O4S/c1-17-23(20(36-35-17)6-4-5-18-15-26(2,3)33-16-18)44(41,42)38-25(40)19-7-8-21(34-24(19)29)39-13-9-22(37-39)43-14-12-27(10-11-27)28(30,31)32/h7-9,13,18,33H,4-6,10-12,14-16H2,1-3H3,(H,35,36)(H,38,40)/t18-/m0/s1. The summed E-state index contributed by atoms with van der Waals surface area (Å²) >= 11 is 6.26. The normalized spacial score (nSPS) is 19.2. The van der Waals surface area contributed by atoms with Crippen molar-refractivity contribution in [1.29, 1.82) is 0 Å². The van der Waals surface area contributed by atoms with Gasteiger partial charge < -0.3 is 10.1 Å². The Bertz CT molecular complexity index is 1630. The molecule has 1 aliphatic carbocycles. The number of nitrogens with zero attached hydrogens (tertiary/aromatic N) is 4. The Balaban J connectivity index is 1.19. The largest absolute Gasteiger partial charge is 0.477 e. The fourth-order valence-corrected chi connectivity index (χ4v) is 7.28. The number of pyridine rings is 1. The van der Waals surface area contributed by atoms with E-state index in [0.29, 0.717) is 23.7 Å². The van der Waals surface area contributed by atoms with Crippen LogP contribution in [0.4, 0.5) is 13.2 Å². The summed E-state index contributed by atoms with van der Waals surface area (Å²) in [6, 6.07) is 4.17. The summed E-state index contributed by atoms with van der Waals surface area (Å²) < 4.78 is 74.7. The highest BCUT2D eigenvalue weighted by Crippen LogP contribution is 2.59. The van der Waals surface area contributed by atoms with Crippen LogP contribution in [0.15, 0.2) is 29.3 Å².